The first kappa shape index (κ1) is 17.7. The number of unbranched alkanes of at least 4 members (excludes halogenated alkanes) is 6. The Kier molecular flexibility index (Phi) is 8.07. The van der Waals surface area contributed by atoms with Crippen LogP contribution in [-0.4, -0.2) is 14.2 Å². The van der Waals surface area contributed by atoms with Crippen molar-refractivity contribution < 1.29 is 8.42 Å². The molecule has 0 heterocycles. The van der Waals surface area contributed by atoms with Gasteiger partial charge in [-0.3, -0.25) is 0 Å². The van der Waals surface area contributed by atoms with E-state index in [1.54, 1.807) is 24.3 Å². The summed E-state index contributed by atoms with van der Waals surface area (Å²) in [5.41, 5.74) is 1.32. The zero-order valence-corrected chi connectivity index (χ0v) is 13.7. The van der Waals surface area contributed by atoms with E-state index in [2.05, 4.69) is 6.92 Å². The maximum atomic E-state index is 12.0. The Balaban J connectivity index is 2.28. The third kappa shape index (κ3) is 7.87. The number of rotatable bonds is 10. The number of hydrogen-bond acceptors (Lipinski definition) is 3. The molecule has 0 atom stereocenters. The lowest BCUT2D eigenvalue weighted by Gasteiger charge is -2.05. The van der Waals surface area contributed by atoms with Crippen molar-refractivity contribution >= 4 is 9.84 Å². The molecule has 0 bridgehead atoms. The van der Waals surface area contributed by atoms with Crippen LogP contribution in [0.5, 0.6) is 0 Å². The third-order valence-electron chi connectivity index (χ3n) is 3.53. The first-order valence-corrected chi connectivity index (χ1v) is 9.59. The minimum Gasteiger partial charge on any atom is -0.228 e. The molecule has 0 spiro atoms. The molecule has 0 N–H and O–H groups in total. The van der Waals surface area contributed by atoms with Gasteiger partial charge in [-0.1, -0.05) is 57.6 Å². The topological polar surface area (TPSA) is 57.9 Å². The van der Waals surface area contributed by atoms with E-state index in [-0.39, 0.29) is 11.5 Å². The van der Waals surface area contributed by atoms with E-state index in [1.165, 1.54) is 25.7 Å². The van der Waals surface area contributed by atoms with Crippen LogP contribution in [0.4, 0.5) is 0 Å². The second-order valence-corrected chi connectivity index (χ2v) is 7.71. The number of nitriles is 1. The average Bonchev–Trinajstić information content (AvgIpc) is 2.46. The third-order valence-corrected chi connectivity index (χ3v) is 5.21. The van der Waals surface area contributed by atoms with Crippen LogP contribution in [0, 0.1) is 11.3 Å². The predicted molar refractivity (Wildman–Crippen MR) is 86.6 cm³/mol. The molecule has 0 aliphatic heterocycles. The van der Waals surface area contributed by atoms with Crippen LogP contribution in [-0.2, 0) is 15.6 Å². The minimum atomic E-state index is -3.03. The molecule has 0 saturated heterocycles. The molecule has 21 heavy (non-hydrogen) atoms. The zero-order valence-electron chi connectivity index (χ0n) is 12.8. The van der Waals surface area contributed by atoms with Crippen LogP contribution < -0.4 is 0 Å². The van der Waals surface area contributed by atoms with E-state index in [9.17, 15) is 8.42 Å². The summed E-state index contributed by atoms with van der Waals surface area (Å²) in [5.74, 6) is 0.343. The smallest absolute Gasteiger partial charge is 0.154 e. The molecule has 0 aliphatic carbocycles. The molecule has 0 aromatic heterocycles. The molecular formula is C17H25NO2S. The van der Waals surface area contributed by atoms with Gasteiger partial charge in [0, 0.05) is 0 Å². The lowest BCUT2D eigenvalue weighted by atomic mass is 10.1. The maximum absolute atomic E-state index is 12.0. The van der Waals surface area contributed by atoms with Crippen molar-refractivity contribution in [3.8, 4) is 6.07 Å². The van der Waals surface area contributed by atoms with Gasteiger partial charge in [-0.2, -0.15) is 5.26 Å². The summed E-state index contributed by atoms with van der Waals surface area (Å²) in [6.45, 7) is 2.19. The lowest BCUT2D eigenvalue weighted by Crippen LogP contribution is -2.09. The highest BCUT2D eigenvalue weighted by Gasteiger charge is 2.11. The highest BCUT2D eigenvalue weighted by atomic mass is 32.2. The summed E-state index contributed by atoms with van der Waals surface area (Å²) in [4.78, 5) is 0. The van der Waals surface area contributed by atoms with Crippen LogP contribution >= 0.6 is 0 Å². The van der Waals surface area contributed by atoms with Crippen molar-refractivity contribution in [1.29, 1.82) is 5.26 Å². The number of sulfone groups is 1. The second kappa shape index (κ2) is 9.57. The molecule has 0 unspecified atom stereocenters. The molecular weight excluding hydrogens is 282 g/mol. The standard InChI is InChI=1S/C17H25NO2S/c1-2-3-4-5-6-7-8-13-21(19,20)15-17-11-9-16(14-18)10-12-17/h9-12H,2-8,13,15H2,1H3. The number of nitrogens with zero attached hydrogens (tertiary/aromatic N) is 1. The fourth-order valence-electron chi connectivity index (χ4n) is 2.28. The van der Waals surface area contributed by atoms with Gasteiger partial charge in [-0.25, -0.2) is 8.42 Å². The average molecular weight is 307 g/mol. The molecule has 0 saturated carbocycles. The molecule has 3 nitrogen and oxygen atoms in total. The van der Waals surface area contributed by atoms with Crippen LogP contribution in [0.2, 0.25) is 0 Å². The molecule has 1 aromatic rings. The highest BCUT2D eigenvalue weighted by Crippen LogP contribution is 2.12. The Bertz CT molecular complexity index is 541. The molecule has 116 valence electrons. The Morgan fingerprint density at radius 1 is 0.952 bits per heavy atom. The van der Waals surface area contributed by atoms with Gasteiger partial charge in [0.25, 0.3) is 0 Å². The van der Waals surface area contributed by atoms with Gasteiger partial charge in [0.2, 0.25) is 0 Å². The molecule has 0 radical (unpaired) electrons. The first-order valence-electron chi connectivity index (χ1n) is 7.77. The lowest BCUT2D eigenvalue weighted by molar-refractivity contribution is 0.578. The van der Waals surface area contributed by atoms with E-state index in [0.29, 0.717) is 5.56 Å². The van der Waals surface area contributed by atoms with Crippen molar-refractivity contribution in [2.24, 2.45) is 0 Å². The van der Waals surface area contributed by atoms with Crippen LogP contribution in [0.25, 0.3) is 0 Å². The van der Waals surface area contributed by atoms with Crippen molar-refractivity contribution in [3.05, 3.63) is 35.4 Å². The zero-order chi connectivity index (χ0) is 15.6. The summed E-state index contributed by atoms with van der Waals surface area (Å²) < 4.78 is 24.0. The van der Waals surface area contributed by atoms with Gasteiger partial charge in [-0.15, -0.1) is 0 Å². The van der Waals surface area contributed by atoms with E-state index in [4.69, 9.17) is 5.26 Å². The highest BCUT2D eigenvalue weighted by molar-refractivity contribution is 7.90. The Hall–Kier alpha value is -1.34. The van der Waals surface area contributed by atoms with E-state index >= 15 is 0 Å². The fourth-order valence-corrected chi connectivity index (χ4v) is 3.77. The van der Waals surface area contributed by atoms with Crippen LogP contribution in [0.15, 0.2) is 24.3 Å². The predicted octanol–water partition coefficient (Wildman–Crippen LogP) is 4.22. The summed E-state index contributed by atoms with van der Waals surface area (Å²) in [6, 6.07) is 8.81. The Morgan fingerprint density at radius 3 is 2.10 bits per heavy atom. The number of benzene rings is 1. The molecule has 0 aliphatic rings. The van der Waals surface area contributed by atoms with Gasteiger partial charge in [0.1, 0.15) is 0 Å². The van der Waals surface area contributed by atoms with E-state index < -0.39 is 9.84 Å². The van der Waals surface area contributed by atoms with Crippen molar-refractivity contribution in [1.82, 2.24) is 0 Å². The molecule has 0 amide bonds. The van der Waals surface area contributed by atoms with Crippen molar-refractivity contribution in [2.45, 2.75) is 57.6 Å². The van der Waals surface area contributed by atoms with E-state index in [0.717, 1.165) is 24.8 Å². The Labute approximate surface area is 128 Å². The van der Waals surface area contributed by atoms with E-state index in [1.807, 2.05) is 6.07 Å². The molecule has 4 heteroatoms. The van der Waals surface area contributed by atoms with Crippen molar-refractivity contribution in [3.63, 3.8) is 0 Å². The normalized spacial score (nSPS) is 11.2. The van der Waals surface area contributed by atoms with Gasteiger partial charge >= 0.3 is 0 Å². The van der Waals surface area contributed by atoms with Gasteiger partial charge in [-0.05, 0) is 24.1 Å². The Morgan fingerprint density at radius 2 is 1.52 bits per heavy atom. The largest absolute Gasteiger partial charge is 0.228 e. The van der Waals surface area contributed by atoms with Crippen molar-refractivity contribution in [2.75, 3.05) is 5.75 Å². The maximum Gasteiger partial charge on any atom is 0.154 e. The van der Waals surface area contributed by atoms with Gasteiger partial charge in [0.05, 0.1) is 23.1 Å². The molecule has 0 fully saturated rings. The molecule has 1 aromatic carbocycles. The van der Waals surface area contributed by atoms with Gasteiger partial charge < -0.3 is 0 Å². The summed E-state index contributed by atoms with van der Waals surface area (Å²) in [6.07, 6.45) is 7.86. The fraction of sp³-hybridized carbons (Fsp3) is 0.588. The SMILES string of the molecule is CCCCCCCCCS(=O)(=O)Cc1ccc(C#N)cc1. The summed E-state index contributed by atoms with van der Waals surface area (Å²) >= 11 is 0. The summed E-state index contributed by atoms with van der Waals surface area (Å²) in [5, 5.41) is 8.71. The first-order chi connectivity index (χ1) is 10.1. The summed E-state index contributed by atoms with van der Waals surface area (Å²) in [7, 11) is -3.03. The number of hydrogen-bond donors (Lipinski definition) is 0. The monoisotopic (exact) mass is 307 g/mol. The minimum absolute atomic E-state index is 0.0779. The van der Waals surface area contributed by atoms with Crippen LogP contribution in [0.1, 0.15) is 63.0 Å². The quantitative estimate of drug-likeness (QED) is 0.608. The molecule has 1 rings (SSSR count). The second-order valence-electron chi connectivity index (χ2n) is 5.52. The van der Waals surface area contributed by atoms with Gasteiger partial charge in [0.15, 0.2) is 9.84 Å². The van der Waals surface area contributed by atoms with Crippen LogP contribution in [0.3, 0.4) is 0 Å².